The first-order valence-corrected chi connectivity index (χ1v) is 4.52. The molecule has 92 valence electrons. The second-order valence-electron chi connectivity index (χ2n) is 2.90. The van der Waals surface area contributed by atoms with E-state index < -0.39 is 18.5 Å². The summed E-state index contributed by atoms with van der Waals surface area (Å²) in [6.07, 6.45) is 0. The lowest BCUT2D eigenvalue weighted by atomic mass is 10.2. The molecule has 0 unspecified atom stereocenters. The molecule has 1 N–H and O–H groups in total. The third-order valence-electron chi connectivity index (χ3n) is 1.64. The van der Waals surface area contributed by atoms with Gasteiger partial charge in [-0.05, 0) is 12.1 Å². The van der Waals surface area contributed by atoms with Gasteiger partial charge in [-0.15, -0.1) is 0 Å². The van der Waals surface area contributed by atoms with Crippen LogP contribution in [0.4, 0.5) is 8.78 Å². The Labute approximate surface area is 95.3 Å². The van der Waals surface area contributed by atoms with Crippen molar-refractivity contribution in [2.24, 2.45) is 0 Å². The number of halogens is 2. The third kappa shape index (κ3) is 4.06. The summed E-state index contributed by atoms with van der Waals surface area (Å²) < 4.78 is 28.2. The number of benzene rings is 1. The van der Waals surface area contributed by atoms with Gasteiger partial charge in [-0.1, -0.05) is 12.1 Å². The molecule has 0 atom stereocenters. The highest BCUT2D eigenvalue weighted by Crippen LogP contribution is 2.19. The lowest BCUT2D eigenvalue weighted by Crippen LogP contribution is -2.26. The summed E-state index contributed by atoms with van der Waals surface area (Å²) in [6.45, 7) is -1.96. The number of ether oxygens (including phenoxy) is 1. The first-order valence-electron chi connectivity index (χ1n) is 4.52. The Kier molecular flexibility index (Phi) is 4.38. The van der Waals surface area contributed by atoms with Crippen LogP contribution in [0, 0.1) is 0 Å². The van der Waals surface area contributed by atoms with E-state index >= 15 is 0 Å². The average molecular weight is 245 g/mol. The zero-order valence-electron chi connectivity index (χ0n) is 8.78. The van der Waals surface area contributed by atoms with E-state index in [9.17, 15) is 18.4 Å². The third-order valence-corrected chi connectivity index (χ3v) is 1.64. The summed E-state index contributed by atoms with van der Waals surface area (Å²) in [7, 11) is 0. The fraction of sp³-hybridized carbons (Fsp3) is 0.200. The molecule has 0 fully saturated rings. The highest BCUT2D eigenvalue weighted by molar-refractivity contribution is 5.96. The second-order valence-corrected chi connectivity index (χ2v) is 2.90. The largest absolute Gasteiger partial charge is 0.434 e. The van der Waals surface area contributed by atoms with Crippen LogP contribution in [0.1, 0.15) is 17.3 Å². The Balaban J connectivity index is 2.81. The van der Waals surface area contributed by atoms with Gasteiger partial charge in [-0.25, -0.2) is 0 Å². The highest BCUT2D eigenvalue weighted by atomic mass is 19.3. The summed E-state index contributed by atoms with van der Waals surface area (Å²) >= 11 is 0. The molecule has 0 bridgehead atoms. The van der Waals surface area contributed by atoms with E-state index in [1.165, 1.54) is 24.3 Å². The number of hydrogen-bond donors (Lipinski definition) is 1. The van der Waals surface area contributed by atoms with Crippen LogP contribution in [0.15, 0.2) is 24.3 Å². The Bertz CT molecular complexity index is 423. The minimum atomic E-state index is -3.04. The number of para-hydroxylation sites is 1. The van der Waals surface area contributed by atoms with E-state index in [0.717, 1.165) is 6.92 Å². The number of hydrogen-bond acceptors (Lipinski definition) is 4. The number of carbonyl (C=O) groups excluding carboxylic acids is 2. The Hall–Kier alpha value is -2.18. The maximum atomic E-state index is 12.0. The molecule has 0 heterocycles. The van der Waals surface area contributed by atoms with Gasteiger partial charge in [0.25, 0.3) is 5.91 Å². The van der Waals surface area contributed by atoms with Crippen molar-refractivity contribution in [1.82, 2.24) is 5.48 Å². The smallest absolute Gasteiger partial charge is 0.387 e. The van der Waals surface area contributed by atoms with Crippen LogP contribution in [0.5, 0.6) is 5.75 Å². The minimum Gasteiger partial charge on any atom is -0.434 e. The van der Waals surface area contributed by atoms with Crippen LogP contribution < -0.4 is 10.2 Å². The molecule has 0 aliphatic heterocycles. The normalized spacial score (nSPS) is 9.88. The predicted octanol–water partition coefficient (Wildman–Crippen LogP) is 1.50. The molecule has 0 aromatic heterocycles. The van der Waals surface area contributed by atoms with Crippen molar-refractivity contribution in [2.75, 3.05) is 0 Å². The number of rotatable bonds is 3. The van der Waals surface area contributed by atoms with Crippen molar-refractivity contribution in [3.63, 3.8) is 0 Å². The molecular weight excluding hydrogens is 236 g/mol. The van der Waals surface area contributed by atoms with Crippen molar-refractivity contribution in [1.29, 1.82) is 0 Å². The molecule has 1 amide bonds. The zero-order chi connectivity index (χ0) is 12.8. The Morgan fingerprint density at radius 3 is 2.53 bits per heavy atom. The van der Waals surface area contributed by atoms with Gasteiger partial charge in [0.2, 0.25) is 0 Å². The van der Waals surface area contributed by atoms with Crippen molar-refractivity contribution in [3.05, 3.63) is 29.8 Å². The molecule has 17 heavy (non-hydrogen) atoms. The van der Waals surface area contributed by atoms with Crippen LogP contribution in [0.2, 0.25) is 0 Å². The number of carbonyl (C=O) groups is 2. The summed E-state index contributed by atoms with van der Waals surface area (Å²) in [5, 5.41) is 0. The molecule has 7 heteroatoms. The average Bonchev–Trinajstić information content (AvgIpc) is 2.25. The van der Waals surface area contributed by atoms with Crippen LogP contribution in [-0.2, 0) is 9.63 Å². The van der Waals surface area contributed by atoms with E-state index in [1.54, 1.807) is 5.48 Å². The van der Waals surface area contributed by atoms with Gasteiger partial charge in [0, 0.05) is 6.92 Å². The quantitative estimate of drug-likeness (QED) is 0.819. The molecule has 5 nitrogen and oxygen atoms in total. The molecule has 0 aliphatic carbocycles. The van der Waals surface area contributed by atoms with Crippen LogP contribution in [0.25, 0.3) is 0 Å². The summed E-state index contributed by atoms with van der Waals surface area (Å²) in [6, 6.07) is 5.35. The maximum Gasteiger partial charge on any atom is 0.387 e. The maximum absolute atomic E-state index is 12.0. The van der Waals surface area contributed by atoms with Gasteiger partial charge in [-0.2, -0.15) is 14.3 Å². The molecule has 0 saturated heterocycles. The van der Waals surface area contributed by atoms with E-state index in [0.29, 0.717) is 0 Å². The lowest BCUT2D eigenvalue weighted by molar-refractivity contribution is -0.146. The van der Waals surface area contributed by atoms with Gasteiger partial charge >= 0.3 is 12.6 Å². The molecule has 1 rings (SSSR count). The van der Waals surface area contributed by atoms with E-state index in [-0.39, 0.29) is 11.3 Å². The summed E-state index contributed by atoms with van der Waals surface area (Å²) in [5.41, 5.74) is 1.64. The molecule has 0 spiro atoms. The fourth-order valence-corrected chi connectivity index (χ4v) is 1.03. The molecule has 0 aliphatic rings. The van der Waals surface area contributed by atoms with Crippen LogP contribution in [-0.4, -0.2) is 18.5 Å². The highest BCUT2D eigenvalue weighted by Gasteiger charge is 2.15. The van der Waals surface area contributed by atoms with Gasteiger partial charge in [-0.3, -0.25) is 9.59 Å². The predicted molar refractivity (Wildman–Crippen MR) is 52.3 cm³/mol. The second kappa shape index (κ2) is 5.78. The van der Waals surface area contributed by atoms with Crippen LogP contribution in [0.3, 0.4) is 0 Å². The van der Waals surface area contributed by atoms with Crippen molar-refractivity contribution >= 4 is 11.9 Å². The number of hydroxylamine groups is 1. The monoisotopic (exact) mass is 245 g/mol. The Morgan fingerprint density at radius 1 is 1.29 bits per heavy atom. The van der Waals surface area contributed by atoms with E-state index in [2.05, 4.69) is 9.57 Å². The van der Waals surface area contributed by atoms with Gasteiger partial charge in [0.05, 0.1) is 5.56 Å². The first-order chi connectivity index (χ1) is 8.00. The van der Waals surface area contributed by atoms with Gasteiger partial charge in [0.15, 0.2) is 0 Å². The number of alkyl halides is 2. The lowest BCUT2D eigenvalue weighted by Gasteiger charge is -2.09. The van der Waals surface area contributed by atoms with Crippen molar-refractivity contribution in [2.45, 2.75) is 13.5 Å². The summed E-state index contributed by atoms with van der Waals surface area (Å²) in [5.74, 6) is -1.88. The Morgan fingerprint density at radius 2 is 1.94 bits per heavy atom. The van der Waals surface area contributed by atoms with E-state index in [4.69, 9.17) is 0 Å². The first kappa shape index (κ1) is 12.9. The topological polar surface area (TPSA) is 64.6 Å². The van der Waals surface area contributed by atoms with Crippen LogP contribution >= 0.6 is 0 Å². The standard InChI is InChI=1S/C10H9F2NO4/c1-6(14)17-13-9(15)7-4-2-3-5-8(7)16-10(11)12/h2-5,10H,1H3,(H,13,15). The minimum absolute atomic E-state index is 0.158. The summed E-state index contributed by atoms with van der Waals surface area (Å²) in [4.78, 5) is 26.1. The van der Waals surface area contributed by atoms with Gasteiger partial charge in [0.1, 0.15) is 5.75 Å². The molecule has 1 aromatic rings. The SMILES string of the molecule is CC(=O)ONC(=O)c1ccccc1OC(F)F. The fourth-order valence-electron chi connectivity index (χ4n) is 1.03. The molecular formula is C10H9F2NO4. The van der Waals surface area contributed by atoms with Gasteiger partial charge < -0.3 is 9.57 Å². The molecule has 1 aromatic carbocycles. The molecule has 0 saturated carbocycles. The van der Waals surface area contributed by atoms with Crippen molar-refractivity contribution < 1.29 is 27.9 Å². The zero-order valence-corrected chi connectivity index (χ0v) is 8.78. The number of nitrogens with one attached hydrogen (secondary N) is 1. The number of amides is 1. The molecule has 0 radical (unpaired) electrons. The van der Waals surface area contributed by atoms with E-state index in [1.807, 2.05) is 0 Å². The van der Waals surface area contributed by atoms with Crippen molar-refractivity contribution in [3.8, 4) is 5.75 Å².